The van der Waals surface area contributed by atoms with E-state index >= 15 is 0 Å². The number of rotatable bonds is 4. The molecule has 0 bridgehead atoms. The van der Waals surface area contributed by atoms with Crippen molar-refractivity contribution in [2.45, 2.75) is 70.1 Å². The fraction of sp³-hybridized carbons (Fsp3) is 0.684. The number of aromatic hydroxyl groups is 1. The van der Waals surface area contributed by atoms with E-state index in [0.717, 1.165) is 17.4 Å². The molecule has 122 valence electrons. The maximum Gasteiger partial charge on any atom is 0.115 e. The highest BCUT2D eigenvalue weighted by Gasteiger charge is 2.33. The first kappa shape index (κ1) is 15.8. The van der Waals surface area contributed by atoms with Crippen molar-refractivity contribution in [2.75, 3.05) is 0 Å². The van der Waals surface area contributed by atoms with Crippen LogP contribution in [0.3, 0.4) is 0 Å². The Kier molecular flexibility index (Phi) is 5.04. The number of benzene rings is 1. The van der Waals surface area contributed by atoms with Gasteiger partial charge in [-0.15, -0.1) is 0 Å². The van der Waals surface area contributed by atoms with Gasteiger partial charge in [-0.2, -0.15) is 0 Å². The van der Waals surface area contributed by atoms with Gasteiger partial charge in [0, 0.05) is 12.1 Å². The van der Waals surface area contributed by atoms with Gasteiger partial charge < -0.3 is 15.5 Å². The van der Waals surface area contributed by atoms with Gasteiger partial charge in [-0.1, -0.05) is 37.8 Å². The first-order chi connectivity index (χ1) is 10.6. The van der Waals surface area contributed by atoms with Crippen molar-refractivity contribution >= 4 is 0 Å². The average Bonchev–Trinajstić information content (AvgIpc) is 2.55. The highest BCUT2D eigenvalue weighted by atomic mass is 16.3. The molecule has 3 N–H and O–H groups in total. The molecule has 0 heterocycles. The zero-order chi connectivity index (χ0) is 15.5. The van der Waals surface area contributed by atoms with E-state index in [9.17, 15) is 10.2 Å². The lowest BCUT2D eigenvalue weighted by atomic mass is 9.69. The van der Waals surface area contributed by atoms with Gasteiger partial charge in [0.1, 0.15) is 5.75 Å². The van der Waals surface area contributed by atoms with E-state index in [1.807, 2.05) is 0 Å². The Bertz CT molecular complexity index is 473. The van der Waals surface area contributed by atoms with Crippen LogP contribution in [0.15, 0.2) is 24.3 Å². The van der Waals surface area contributed by atoms with E-state index in [1.54, 1.807) is 24.3 Å². The Morgan fingerprint density at radius 2 is 1.68 bits per heavy atom. The molecule has 2 fully saturated rings. The van der Waals surface area contributed by atoms with Gasteiger partial charge in [0.2, 0.25) is 0 Å². The molecular formula is C19H29NO2. The first-order valence-electron chi connectivity index (χ1n) is 8.86. The van der Waals surface area contributed by atoms with Crippen LogP contribution in [-0.2, 0) is 0 Å². The van der Waals surface area contributed by atoms with Crippen molar-refractivity contribution in [3.8, 4) is 5.75 Å². The standard InChI is InChI=1S/C19H29NO2/c1-13(19(22)15-7-10-18(21)11-8-15)20-17-9-6-14-4-2-3-5-16(14)12-17/h7-8,10-11,13-14,16-17,19-22H,2-6,9,12H2,1H3. The lowest BCUT2D eigenvalue weighted by molar-refractivity contribution is 0.0998. The number of phenols is 1. The summed E-state index contributed by atoms with van der Waals surface area (Å²) in [6.07, 6.45) is 9.01. The van der Waals surface area contributed by atoms with Crippen molar-refractivity contribution in [3.63, 3.8) is 0 Å². The van der Waals surface area contributed by atoms with Crippen LogP contribution in [0.5, 0.6) is 5.75 Å². The molecule has 3 heteroatoms. The third kappa shape index (κ3) is 3.64. The minimum Gasteiger partial charge on any atom is -0.508 e. The molecule has 1 aromatic rings. The minimum atomic E-state index is -0.523. The van der Waals surface area contributed by atoms with Gasteiger partial charge in [-0.3, -0.25) is 0 Å². The summed E-state index contributed by atoms with van der Waals surface area (Å²) in [5.74, 6) is 2.11. The van der Waals surface area contributed by atoms with Crippen molar-refractivity contribution in [1.29, 1.82) is 0 Å². The summed E-state index contributed by atoms with van der Waals surface area (Å²) in [6, 6.07) is 7.46. The monoisotopic (exact) mass is 303 g/mol. The second kappa shape index (κ2) is 7.01. The van der Waals surface area contributed by atoms with E-state index < -0.39 is 6.10 Å². The number of aliphatic hydroxyl groups is 1. The predicted molar refractivity (Wildman–Crippen MR) is 88.8 cm³/mol. The summed E-state index contributed by atoms with van der Waals surface area (Å²) in [5, 5.41) is 23.5. The minimum absolute atomic E-state index is 0.0367. The number of hydrogen-bond acceptors (Lipinski definition) is 3. The summed E-state index contributed by atoms with van der Waals surface area (Å²) in [7, 11) is 0. The second-order valence-corrected chi connectivity index (χ2v) is 7.31. The molecule has 5 atom stereocenters. The van der Waals surface area contributed by atoms with Crippen LogP contribution in [0, 0.1) is 11.8 Å². The van der Waals surface area contributed by atoms with Crippen LogP contribution in [0.4, 0.5) is 0 Å². The van der Waals surface area contributed by atoms with E-state index in [4.69, 9.17) is 0 Å². The van der Waals surface area contributed by atoms with Gasteiger partial charge in [-0.25, -0.2) is 0 Å². The van der Waals surface area contributed by atoms with E-state index in [2.05, 4.69) is 12.2 Å². The smallest absolute Gasteiger partial charge is 0.115 e. The Balaban J connectivity index is 1.54. The van der Waals surface area contributed by atoms with Crippen molar-refractivity contribution < 1.29 is 10.2 Å². The molecule has 1 aromatic carbocycles. The molecule has 0 spiro atoms. The maximum atomic E-state index is 10.5. The Morgan fingerprint density at radius 1 is 1.00 bits per heavy atom. The van der Waals surface area contributed by atoms with E-state index in [0.29, 0.717) is 6.04 Å². The number of hydrogen-bond donors (Lipinski definition) is 3. The third-order valence-corrected chi connectivity index (χ3v) is 5.75. The molecule has 5 unspecified atom stereocenters. The lowest BCUT2D eigenvalue weighted by Gasteiger charge is -2.41. The molecule has 0 amide bonds. The van der Waals surface area contributed by atoms with E-state index in [-0.39, 0.29) is 11.8 Å². The van der Waals surface area contributed by atoms with Gasteiger partial charge in [0.15, 0.2) is 0 Å². The first-order valence-corrected chi connectivity index (χ1v) is 8.86. The van der Waals surface area contributed by atoms with E-state index in [1.165, 1.54) is 44.9 Å². The SMILES string of the molecule is CC(NC1CCC2CCCCC2C1)C(O)c1ccc(O)cc1. The molecule has 2 aliphatic carbocycles. The average molecular weight is 303 g/mol. The summed E-state index contributed by atoms with van der Waals surface area (Å²) < 4.78 is 0. The molecule has 0 radical (unpaired) electrons. The van der Waals surface area contributed by atoms with Gasteiger partial charge in [0.25, 0.3) is 0 Å². The number of aliphatic hydroxyl groups excluding tert-OH is 1. The Labute approximate surface area is 133 Å². The number of fused-ring (bicyclic) bond motifs is 1. The van der Waals surface area contributed by atoms with Gasteiger partial charge >= 0.3 is 0 Å². The molecule has 2 aliphatic rings. The Hall–Kier alpha value is -1.06. The largest absolute Gasteiger partial charge is 0.508 e. The summed E-state index contributed by atoms with van der Waals surface area (Å²) in [6.45, 7) is 2.06. The van der Waals surface area contributed by atoms with Crippen LogP contribution < -0.4 is 5.32 Å². The van der Waals surface area contributed by atoms with Crippen molar-refractivity contribution in [3.05, 3.63) is 29.8 Å². The zero-order valence-corrected chi connectivity index (χ0v) is 13.5. The zero-order valence-electron chi connectivity index (χ0n) is 13.5. The molecule has 3 rings (SSSR count). The van der Waals surface area contributed by atoms with Crippen molar-refractivity contribution in [2.24, 2.45) is 11.8 Å². The quantitative estimate of drug-likeness (QED) is 0.794. The summed E-state index contributed by atoms with van der Waals surface area (Å²) in [5.41, 5.74) is 0.865. The lowest BCUT2D eigenvalue weighted by Crippen LogP contribution is -2.44. The summed E-state index contributed by atoms with van der Waals surface area (Å²) >= 11 is 0. The third-order valence-electron chi connectivity index (χ3n) is 5.75. The van der Waals surface area contributed by atoms with Gasteiger partial charge in [-0.05, 0) is 55.7 Å². The molecule has 0 aliphatic heterocycles. The molecule has 22 heavy (non-hydrogen) atoms. The molecule has 0 saturated heterocycles. The highest BCUT2D eigenvalue weighted by molar-refractivity contribution is 5.27. The maximum absolute atomic E-state index is 10.5. The number of phenolic OH excluding ortho intramolecular Hbond substituents is 1. The summed E-state index contributed by atoms with van der Waals surface area (Å²) in [4.78, 5) is 0. The topological polar surface area (TPSA) is 52.5 Å². The highest BCUT2D eigenvalue weighted by Crippen LogP contribution is 2.40. The number of nitrogens with one attached hydrogen (secondary N) is 1. The molecule has 2 saturated carbocycles. The van der Waals surface area contributed by atoms with Crippen LogP contribution in [0.25, 0.3) is 0 Å². The molecule has 0 aromatic heterocycles. The molecule has 3 nitrogen and oxygen atoms in total. The van der Waals surface area contributed by atoms with Gasteiger partial charge in [0.05, 0.1) is 6.10 Å². The van der Waals surface area contributed by atoms with Crippen LogP contribution in [0.2, 0.25) is 0 Å². The van der Waals surface area contributed by atoms with Crippen LogP contribution in [-0.4, -0.2) is 22.3 Å². The molecular weight excluding hydrogens is 274 g/mol. The Morgan fingerprint density at radius 3 is 2.41 bits per heavy atom. The fourth-order valence-corrected chi connectivity index (χ4v) is 4.45. The fourth-order valence-electron chi connectivity index (χ4n) is 4.45. The second-order valence-electron chi connectivity index (χ2n) is 7.31. The predicted octanol–water partition coefficient (Wildman–Crippen LogP) is 3.76. The van der Waals surface area contributed by atoms with Crippen LogP contribution in [0.1, 0.15) is 63.5 Å². The normalized spacial score (nSPS) is 31.3. The van der Waals surface area contributed by atoms with Crippen molar-refractivity contribution in [1.82, 2.24) is 5.32 Å². The van der Waals surface area contributed by atoms with Crippen LogP contribution >= 0.6 is 0 Å².